The minimum atomic E-state index is -1.36. The van der Waals surface area contributed by atoms with Crippen LogP contribution in [0.3, 0.4) is 0 Å². The largest absolute Gasteiger partial charge is 0.465 e. The first-order valence-electron chi connectivity index (χ1n) is 5.54. The van der Waals surface area contributed by atoms with Crippen molar-refractivity contribution in [3.8, 4) is 0 Å². The lowest BCUT2D eigenvalue weighted by Crippen LogP contribution is -2.42. The lowest BCUT2D eigenvalue weighted by Gasteiger charge is -2.26. The Bertz CT molecular complexity index is 219. The third-order valence-electron chi connectivity index (χ3n) is 2.47. The summed E-state index contributed by atoms with van der Waals surface area (Å²) < 4.78 is 9.73. The summed E-state index contributed by atoms with van der Waals surface area (Å²) >= 11 is 0. The molecule has 0 unspecified atom stereocenters. The van der Waals surface area contributed by atoms with E-state index in [0.29, 0.717) is 0 Å². The zero-order valence-electron chi connectivity index (χ0n) is 10.1. The molecule has 5 nitrogen and oxygen atoms in total. The first kappa shape index (κ1) is 14.9. The van der Waals surface area contributed by atoms with Crippen molar-refractivity contribution in [1.29, 1.82) is 0 Å². The van der Waals surface area contributed by atoms with Crippen molar-refractivity contribution in [2.24, 2.45) is 5.41 Å². The van der Waals surface area contributed by atoms with Crippen molar-refractivity contribution in [3.63, 3.8) is 0 Å². The molecular formula is C11H20O5. The Kier molecular flexibility index (Phi) is 6.72. The standard InChI is InChI=1S/C11H20O5/c1-4-11(7-8-12,9(13)15-5-2)10(14)16-6-3/h12H,4-8H2,1-3H3. The molecule has 0 aromatic carbocycles. The van der Waals surface area contributed by atoms with E-state index in [1.165, 1.54) is 0 Å². The van der Waals surface area contributed by atoms with E-state index in [1.807, 2.05) is 0 Å². The van der Waals surface area contributed by atoms with Crippen molar-refractivity contribution in [2.45, 2.75) is 33.6 Å². The van der Waals surface area contributed by atoms with Gasteiger partial charge in [0.25, 0.3) is 0 Å². The van der Waals surface area contributed by atoms with Crippen LogP contribution in [-0.2, 0) is 19.1 Å². The van der Waals surface area contributed by atoms with Crippen molar-refractivity contribution >= 4 is 11.9 Å². The van der Waals surface area contributed by atoms with Crippen LogP contribution in [0.25, 0.3) is 0 Å². The molecule has 0 spiro atoms. The molecule has 0 saturated carbocycles. The molecule has 0 aliphatic carbocycles. The molecule has 0 bridgehead atoms. The van der Waals surface area contributed by atoms with E-state index in [0.717, 1.165) is 0 Å². The predicted molar refractivity (Wildman–Crippen MR) is 57.7 cm³/mol. The summed E-state index contributed by atoms with van der Waals surface area (Å²) in [5, 5.41) is 8.95. The number of aliphatic hydroxyl groups excluding tert-OH is 1. The summed E-state index contributed by atoms with van der Waals surface area (Å²) in [5.41, 5.74) is -1.36. The van der Waals surface area contributed by atoms with Gasteiger partial charge in [-0.15, -0.1) is 0 Å². The minimum absolute atomic E-state index is 0.0289. The normalized spacial score (nSPS) is 11.0. The number of aliphatic hydroxyl groups is 1. The molecule has 0 amide bonds. The van der Waals surface area contributed by atoms with Crippen LogP contribution in [0.15, 0.2) is 0 Å². The third-order valence-corrected chi connectivity index (χ3v) is 2.47. The van der Waals surface area contributed by atoms with Gasteiger partial charge in [-0.2, -0.15) is 0 Å². The van der Waals surface area contributed by atoms with E-state index < -0.39 is 17.4 Å². The lowest BCUT2D eigenvalue weighted by atomic mass is 9.82. The topological polar surface area (TPSA) is 72.8 Å². The number of rotatable bonds is 7. The van der Waals surface area contributed by atoms with E-state index in [1.54, 1.807) is 20.8 Å². The Morgan fingerprint density at radius 2 is 1.50 bits per heavy atom. The van der Waals surface area contributed by atoms with Crippen LogP contribution in [0.4, 0.5) is 0 Å². The summed E-state index contributed by atoms with van der Waals surface area (Å²) in [6.07, 6.45) is 0.284. The number of carbonyl (C=O) groups excluding carboxylic acids is 2. The Balaban J connectivity index is 4.97. The van der Waals surface area contributed by atoms with Gasteiger partial charge in [0.1, 0.15) is 0 Å². The highest BCUT2D eigenvalue weighted by atomic mass is 16.6. The molecule has 0 fully saturated rings. The van der Waals surface area contributed by atoms with Crippen molar-refractivity contribution in [3.05, 3.63) is 0 Å². The quantitative estimate of drug-likeness (QED) is 0.521. The summed E-state index contributed by atoms with van der Waals surface area (Å²) in [5.74, 6) is -1.24. The number of carbonyl (C=O) groups is 2. The van der Waals surface area contributed by atoms with Gasteiger partial charge in [-0.1, -0.05) is 6.92 Å². The van der Waals surface area contributed by atoms with Crippen LogP contribution in [-0.4, -0.2) is 36.9 Å². The number of ether oxygens (including phenoxy) is 2. The van der Waals surface area contributed by atoms with Crippen LogP contribution in [0.5, 0.6) is 0 Å². The fourth-order valence-electron chi connectivity index (χ4n) is 1.48. The van der Waals surface area contributed by atoms with Gasteiger partial charge < -0.3 is 14.6 Å². The van der Waals surface area contributed by atoms with E-state index in [4.69, 9.17) is 14.6 Å². The summed E-state index contributed by atoms with van der Waals surface area (Å²) in [4.78, 5) is 23.5. The van der Waals surface area contributed by atoms with Crippen LogP contribution < -0.4 is 0 Å². The van der Waals surface area contributed by atoms with Gasteiger partial charge in [-0.05, 0) is 26.7 Å². The average molecular weight is 232 g/mol. The SMILES string of the molecule is CCOC(=O)C(CC)(CCO)C(=O)OCC. The molecule has 0 radical (unpaired) electrons. The fraction of sp³-hybridized carbons (Fsp3) is 0.818. The zero-order chi connectivity index (χ0) is 12.6. The molecule has 5 heteroatoms. The summed E-state index contributed by atoms with van der Waals surface area (Å²) in [6, 6.07) is 0. The fourth-order valence-corrected chi connectivity index (χ4v) is 1.48. The lowest BCUT2D eigenvalue weighted by molar-refractivity contribution is -0.173. The zero-order valence-corrected chi connectivity index (χ0v) is 10.1. The van der Waals surface area contributed by atoms with Crippen molar-refractivity contribution < 1.29 is 24.2 Å². The second-order valence-corrected chi connectivity index (χ2v) is 3.35. The number of hydrogen-bond acceptors (Lipinski definition) is 5. The van der Waals surface area contributed by atoms with Gasteiger partial charge >= 0.3 is 11.9 Å². The molecule has 0 aromatic heterocycles. The van der Waals surface area contributed by atoms with E-state index >= 15 is 0 Å². The van der Waals surface area contributed by atoms with Gasteiger partial charge in [0.15, 0.2) is 5.41 Å². The third kappa shape index (κ3) is 3.20. The van der Waals surface area contributed by atoms with Crippen LogP contribution in [0.1, 0.15) is 33.6 Å². The predicted octanol–water partition coefficient (Wildman–Crippen LogP) is 0.891. The van der Waals surface area contributed by atoms with Gasteiger partial charge in [0.2, 0.25) is 0 Å². The molecule has 1 N–H and O–H groups in total. The smallest absolute Gasteiger partial charge is 0.323 e. The molecule has 0 aromatic rings. The highest BCUT2D eigenvalue weighted by molar-refractivity contribution is 6.00. The Labute approximate surface area is 95.7 Å². The Hall–Kier alpha value is -1.10. The molecule has 0 atom stereocenters. The maximum absolute atomic E-state index is 11.8. The molecule has 0 heterocycles. The highest BCUT2D eigenvalue weighted by Crippen LogP contribution is 2.30. The molecule has 0 aliphatic rings. The Morgan fingerprint density at radius 3 is 1.75 bits per heavy atom. The monoisotopic (exact) mass is 232 g/mol. The van der Waals surface area contributed by atoms with E-state index in [2.05, 4.69) is 0 Å². The van der Waals surface area contributed by atoms with Gasteiger partial charge in [0, 0.05) is 6.61 Å². The van der Waals surface area contributed by atoms with Crippen LogP contribution >= 0.6 is 0 Å². The first-order chi connectivity index (χ1) is 7.58. The van der Waals surface area contributed by atoms with Crippen molar-refractivity contribution in [1.82, 2.24) is 0 Å². The Morgan fingerprint density at radius 1 is 1.06 bits per heavy atom. The van der Waals surface area contributed by atoms with E-state index in [-0.39, 0.29) is 32.7 Å². The van der Waals surface area contributed by atoms with Gasteiger partial charge in [0.05, 0.1) is 13.2 Å². The van der Waals surface area contributed by atoms with Crippen LogP contribution in [0.2, 0.25) is 0 Å². The highest BCUT2D eigenvalue weighted by Gasteiger charge is 2.46. The molecule has 0 rings (SSSR count). The van der Waals surface area contributed by atoms with Gasteiger partial charge in [-0.25, -0.2) is 0 Å². The van der Waals surface area contributed by atoms with Crippen molar-refractivity contribution in [2.75, 3.05) is 19.8 Å². The molecule has 16 heavy (non-hydrogen) atoms. The number of esters is 2. The average Bonchev–Trinajstić information content (AvgIpc) is 2.26. The minimum Gasteiger partial charge on any atom is -0.465 e. The summed E-state index contributed by atoms with van der Waals surface area (Å²) in [7, 11) is 0. The maximum Gasteiger partial charge on any atom is 0.323 e. The van der Waals surface area contributed by atoms with Gasteiger partial charge in [-0.3, -0.25) is 9.59 Å². The first-order valence-corrected chi connectivity index (χ1v) is 5.54. The van der Waals surface area contributed by atoms with E-state index in [9.17, 15) is 9.59 Å². The molecule has 0 saturated heterocycles. The second-order valence-electron chi connectivity index (χ2n) is 3.35. The maximum atomic E-state index is 11.8. The molecule has 94 valence electrons. The number of hydrogen-bond donors (Lipinski definition) is 1. The summed E-state index contributed by atoms with van der Waals surface area (Å²) in [6.45, 7) is 5.18. The second kappa shape index (κ2) is 7.22. The molecule has 0 aliphatic heterocycles. The van der Waals surface area contributed by atoms with Crippen LogP contribution in [0, 0.1) is 5.41 Å². The molecular weight excluding hydrogens is 212 g/mol.